The summed E-state index contributed by atoms with van der Waals surface area (Å²) in [5.41, 5.74) is 1.76. The Morgan fingerprint density at radius 2 is 1.96 bits per heavy atom. The van der Waals surface area contributed by atoms with Gasteiger partial charge in [0, 0.05) is 13.2 Å². The fourth-order valence-electron chi connectivity index (χ4n) is 4.11. The highest BCUT2D eigenvalue weighted by atomic mass is 16.5. The highest BCUT2D eigenvalue weighted by Gasteiger charge is 2.41. The van der Waals surface area contributed by atoms with Gasteiger partial charge in [-0.05, 0) is 56.6 Å². The second-order valence-corrected chi connectivity index (χ2v) is 6.74. The molecule has 4 atom stereocenters. The van der Waals surface area contributed by atoms with Gasteiger partial charge in [0.2, 0.25) is 0 Å². The monoisotopic (exact) mass is 314 g/mol. The molecule has 2 unspecified atom stereocenters. The van der Waals surface area contributed by atoms with Crippen LogP contribution in [0.4, 0.5) is 5.69 Å². The second kappa shape index (κ2) is 5.92. The number of hydrogen-bond donors (Lipinski definition) is 1. The zero-order valence-corrected chi connectivity index (χ0v) is 13.5. The number of nitrogens with one attached hydrogen (secondary N) is 1. The molecule has 0 radical (unpaired) electrons. The first-order chi connectivity index (χ1) is 11.2. The minimum Gasteiger partial charge on any atom is -0.381 e. The average Bonchev–Trinajstić information content (AvgIpc) is 3.22. The van der Waals surface area contributed by atoms with E-state index in [1.165, 1.54) is 25.7 Å². The summed E-state index contributed by atoms with van der Waals surface area (Å²) in [6.45, 7) is 1.80. The van der Waals surface area contributed by atoms with Crippen LogP contribution in [0.5, 0.6) is 0 Å². The van der Waals surface area contributed by atoms with Crippen molar-refractivity contribution in [1.29, 1.82) is 0 Å². The molecule has 122 valence electrons. The molecule has 1 N–H and O–H groups in total. The minimum absolute atomic E-state index is 0.468. The molecular formula is C17H22N4O2. The molecule has 4 rings (SSSR count). The summed E-state index contributed by atoms with van der Waals surface area (Å²) in [6.07, 6.45) is 7.22. The number of pyridine rings is 1. The number of hydrogen-bond acceptors (Lipinski definition) is 6. The largest absolute Gasteiger partial charge is 0.381 e. The number of methoxy groups -OCH3 is 1. The average molecular weight is 314 g/mol. The zero-order valence-electron chi connectivity index (χ0n) is 13.5. The van der Waals surface area contributed by atoms with Crippen molar-refractivity contribution in [3.8, 4) is 11.6 Å². The molecule has 2 saturated carbocycles. The van der Waals surface area contributed by atoms with Crippen molar-refractivity contribution in [2.45, 2.75) is 44.8 Å². The van der Waals surface area contributed by atoms with Gasteiger partial charge in [-0.25, -0.2) is 4.98 Å². The first-order valence-electron chi connectivity index (χ1n) is 8.27. The number of ether oxygens (including phenoxy) is 1. The summed E-state index contributed by atoms with van der Waals surface area (Å²) in [7, 11) is 1.83. The van der Waals surface area contributed by atoms with Crippen LogP contribution in [0.3, 0.4) is 0 Å². The van der Waals surface area contributed by atoms with Crippen molar-refractivity contribution in [2.75, 3.05) is 12.4 Å². The van der Waals surface area contributed by atoms with E-state index in [1.807, 2.05) is 25.4 Å². The number of anilines is 1. The SMILES string of the molecule is COC1C[C@H]2CC(Nc3ccc(-c4nc(C)no4)nc3)C[C@H]2C1. The van der Waals surface area contributed by atoms with Crippen LogP contribution in [0.2, 0.25) is 0 Å². The van der Waals surface area contributed by atoms with Crippen LogP contribution in [0.25, 0.3) is 11.6 Å². The van der Waals surface area contributed by atoms with Gasteiger partial charge in [-0.3, -0.25) is 0 Å². The zero-order chi connectivity index (χ0) is 15.8. The predicted octanol–water partition coefficient (Wildman–Crippen LogP) is 3.06. The van der Waals surface area contributed by atoms with Gasteiger partial charge in [0.05, 0.1) is 18.0 Å². The second-order valence-electron chi connectivity index (χ2n) is 6.74. The number of aryl methyl sites for hydroxylation is 1. The first-order valence-corrected chi connectivity index (χ1v) is 8.27. The smallest absolute Gasteiger partial charge is 0.276 e. The molecule has 0 spiro atoms. The van der Waals surface area contributed by atoms with Gasteiger partial charge in [-0.15, -0.1) is 0 Å². The van der Waals surface area contributed by atoms with E-state index in [1.54, 1.807) is 6.92 Å². The van der Waals surface area contributed by atoms with Crippen molar-refractivity contribution < 1.29 is 9.26 Å². The normalized spacial score (nSPS) is 29.7. The quantitative estimate of drug-likeness (QED) is 0.935. The maximum Gasteiger partial charge on any atom is 0.276 e. The highest BCUT2D eigenvalue weighted by Crippen LogP contribution is 2.45. The Labute approximate surface area is 135 Å². The molecule has 0 saturated heterocycles. The summed E-state index contributed by atoms with van der Waals surface area (Å²) in [6, 6.07) is 4.50. The Hall–Kier alpha value is -1.95. The Kier molecular flexibility index (Phi) is 3.77. The van der Waals surface area contributed by atoms with Crippen LogP contribution in [-0.4, -0.2) is 34.4 Å². The van der Waals surface area contributed by atoms with E-state index in [2.05, 4.69) is 20.4 Å². The molecule has 2 aromatic heterocycles. The predicted molar refractivity (Wildman–Crippen MR) is 85.9 cm³/mol. The third kappa shape index (κ3) is 2.95. The molecule has 6 nitrogen and oxygen atoms in total. The molecule has 2 aliphatic carbocycles. The van der Waals surface area contributed by atoms with Crippen LogP contribution >= 0.6 is 0 Å². The standard InChI is InChI=1S/C17H22N4O2/c1-10-19-17(23-21-10)16-4-3-13(9-18-16)20-14-5-11-7-15(22-2)8-12(11)6-14/h3-4,9,11-12,14-15,20H,5-8H2,1-2H3/t11-,12+,14?,15?. The molecule has 2 heterocycles. The van der Waals surface area contributed by atoms with Crippen LogP contribution in [-0.2, 0) is 4.74 Å². The summed E-state index contributed by atoms with van der Waals surface area (Å²) in [5.74, 6) is 2.71. The molecule has 6 heteroatoms. The fraction of sp³-hybridized carbons (Fsp3) is 0.588. The van der Waals surface area contributed by atoms with Gasteiger partial charge in [-0.1, -0.05) is 5.16 Å². The molecule has 0 bridgehead atoms. The van der Waals surface area contributed by atoms with Crippen LogP contribution < -0.4 is 5.32 Å². The lowest BCUT2D eigenvalue weighted by Crippen LogP contribution is -2.18. The minimum atomic E-state index is 0.468. The lowest BCUT2D eigenvalue weighted by Gasteiger charge is -2.16. The van der Waals surface area contributed by atoms with Gasteiger partial charge in [0.15, 0.2) is 5.82 Å². The molecular weight excluding hydrogens is 292 g/mol. The fourth-order valence-corrected chi connectivity index (χ4v) is 4.11. The number of nitrogens with zero attached hydrogens (tertiary/aromatic N) is 3. The van der Waals surface area contributed by atoms with E-state index in [0.717, 1.165) is 17.5 Å². The lowest BCUT2D eigenvalue weighted by molar-refractivity contribution is 0.101. The maximum absolute atomic E-state index is 5.51. The first kappa shape index (κ1) is 14.6. The van der Waals surface area contributed by atoms with Gasteiger partial charge >= 0.3 is 0 Å². The Morgan fingerprint density at radius 1 is 1.17 bits per heavy atom. The molecule has 23 heavy (non-hydrogen) atoms. The molecule has 0 aliphatic heterocycles. The molecule has 2 aliphatic rings. The molecule has 2 fully saturated rings. The van der Waals surface area contributed by atoms with Gasteiger partial charge in [0.1, 0.15) is 5.69 Å². The van der Waals surface area contributed by atoms with Crippen molar-refractivity contribution in [1.82, 2.24) is 15.1 Å². The van der Waals surface area contributed by atoms with Crippen LogP contribution in [0.15, 0.2) is 22.9 Å². The molecule has 2 aromatic rings. The molecule has 0 amide bonds. The van der Waals surface area contributed by atoms with Gasteiger partial charge in [-0.2, -0.15) is 4.98 Å². The van der Waals surface area contributed by atoms with Crippen molar-refractivity contribution in [3.63, 3.8) is 0 Å². The summed E-state index contributed by atoms with van der Waals surface area (Å²) in [4.78, 5) is 8.62. The van der Waals surface area contributed by atoms with Crippen molar-refractivity contribution >= 4 is 5.69 Å². The summed E-state index contributed by atoms with van der Waals surface area (Å²) < 4.78 is 10.6. The molecule has 0 aromatic carbocycles. The van der Waals surface area contributed by atoms with Gasteiger partial charge in [0.25, 0.3) is 5.89 Å². The summed E-state index contributed by atoms with van der Waals surface area (Å²) in [5, 5.41) is 7.41. The van der Waals surface area contributed by atoms with Gasteiger partial charge < -0.3 is 14.6 Å². The third-order valence-electron chi connectivity index (χ3n) is 5.19. The van der Waals surface area contributed by atoms with E-state index in [9.17, 15) is 0 Å². The topological polar surface area (TPSA) is 73.1 Å². The highest BCUT2D eigenvalue weighted by molar-refractivity contribution is 5.52. The Balaban J connectivity index is 1.37. The van der Waals surface area contributed by atoms with Crippen molar-refractivity contribution in [2.24, 2.45) is 11.8 Å². The number of aromatic nitrogens is 3. The van der Waals surface area contributed by atoms with Crippen LogP contribution in [0.1, 0.15) is 31.5 Å². The Bertz CT molecular complexity index is 655. The maximum atomic E-state index is 5.51. The van der Waals surface area contributed by atoms with E-state index in [0.29, 0.717) is 29.6 Å². The van der Waals surface area contributed by atoms with Crippen molar-refractivity contribution in [3.05, 3.63) is 24.2 Å². The van der Waals surface area contributed by atoms with E-state index in [-0.39, 0.29) is 0 Å². The lowest BCUT2D eigenvalue weighted by atomic mass is 10.0. The Morgan fingerprint density at radius 3 is 2.52 bits per heavy atom. The van der Waals surface area contributed by atoms with E-state index >= 15 is 0 Å². The third-order valence-corrected chi connectivity index (χ3v) is 5.19. The summed E-state index contributed by atoms with van der Waals surface area (Å²) >= 11 is 0. The van der Waals surface area contributed by atoms with E-state index in [4.69, 9.17) is 9.26 Å². The van der Waals surface area contributed by atoms with E-state index < -0.39 is 0 Å². The van der Waals surface area contributed by atoms with Crippen LogP contribution in [0, 0.1) is 18.8 Å². The number of rotatable bonds is 4. The number of fused-ring (bicyclic) bond motifs is 1.